The number of unbranched alkanes of at least 4 members (excludes halogenated alkanes) is 5. The van der Waals surface area contributed by atoms with Crippen molar-refractivity contribution in [3.05, 3.63) is 11.8 Å². The van der Waals surface area contributed by atoms with Crippen LogP contribution >= 0.6 is 0 Å². The molecule has 0 spiro atoms. The Morgan fingerprint density at radius 1 is 1.33 bits per heavy atom. The molecule has 1 rings (SSSR count). The first-order chi connectivity index (χ1) is 8.57. The quantitative estimate of drug-likeness (QED) is 0.610. The van der Waals surface area contributed by atoms with Crippen LogP contribution in [0.4, 0.5) is 0 Å². The maximum atomic E-state index is 9.63. The molecule has 0 saturated heterocycles. The second-order valence-corrected chi connectivity index (χ2v) is 6.02. The zero-order chi connectivity index (χ0) is 13.4. The largest absolute Gasteiger partial charge is 0.510 e. The van der Waals surface area contributed by atoms with Crippen LogP contribution in [0, 0.1) is 5.41 Å². The molecule has 0 fully saturated rings. The summed E-state index contributed by atoms with van der Waals surface area (Å²) in [5.74, 6) is 0.293. The number of aliphatic hydroxyl groups excluding tert-OH is 1. The van der Waals surface area contributed by atoms with Crippen LogP contribution in [0.2, 0.25) is 0 Å². The number of nitrogens with one attached hydrogen (secondary N) is 1. The highest BCUT2D eigenvalue weighted by Gasteiger charge is 2.27. The van der Waals surface area contributed by atoms with Crippen molar-refractivity contribution in [1.82, 2.24) is 5.32 Å². The van der Waals surface area contributed by atoms with E-state index in [1.165, 1.54) is 44.9 Å². The van der Waals surface area contributed by atoms with Crippen LogP contribution in [0.3, 0.4) is 0 Å². The predicted octanol–water partition coefficient (Wildman–Crippen LogP) is 3.46. The molecule has 2 unspecified atom stereocenters. The van der Waals surface area contributed by atoms with Crippen LogP contribution in [0.25, 0.3) is 0 Å². The Morgan fingerprint density at radius 3 is 2.72 bits per heavy atom. The summed E-state index contributed by atoms with van der Waals surface area (Å²) in [7, 11) is 0. The van der Waals surface area contributed by atoms with E-state index >= 15 is 0 Å². The third kappa shape index (κ3) is 5.40. The smallest absolute Gasteiger partial charge is 0.120 e. The van der Waals surface area contributed by atoms with Gasteiger partial charge in [0.15, 0.2) is 0 Å². The molecule has 4 N–H and O–H groups in total. The Labute approximate surface area is 112 Å². The predicted molar refractivity (Wildman–Crippen MR) is 77.4 cm³/mol. The van der Waals surface area contributed by atoms with Gasteiger partial charge in [-0.05, 0) is 24.3 Å². The number of allylic oxidation sites excluding steroid dienone is 1. The van der Waals surface area contributed by atoms with Crippen LogP contribution in [0.5, 0.6) is 0 Å². The summed E-state index contributed by atoms with van der Waals surface area (Å²) < 4.78 is 0. The third-order valence-corrected chi connectivity index (χ3v) is 4.01. The lowest BCUT2D eigenvalue weighted by molar-refractivity contribution is 0.268. The lowest BCUT2D eigenvalue weighted by atomic mass is 9.81. The first-order valence-electron chi connectivity index (χ1n) is 7.45. The van der Waals surface area contributed by atoms with E-state index < -0.39 is 0 Å². The van der Waals surface area contributed by atoms with Crippen LogP contribution < -0.4 is 11.1 Å². The van der Waals surface area contributed by atoms with E-state index in [1.54, 1.807) is 0 Å². The van der Waals surface area contributed by atoms with E-state index in [0.29, 0.717) is 5.76 Å². The minimum Gasteiger partial charge on any atom is -0.510 e. The zero-order valence-corrected chi connectivity index (χ0v) is 12.0. The Bertz CT molecular complexity index is 265. The van der Waals surface area contributed by atoms with Gasteiger partial charge in [0.25, 0.3) is 0 Å². The van der Waals surface area contributed by atoms with Crippen molar-refractivity contribution in [3.63, 3.8) is 0 Å². The van der Waals surface area contributed by atoms with E-state index in [0.717, 1.165) is 13.0 Å². The topological polar surface area (TPSA) is 58.3 Å². The third-order valence-electron chi connectivity index (χ3n) is 4.01. The summed E-state index contributed by atoms with van der Waals surface area (Å²) in [5, 5.41) is 12.8. The summed E-state index contributed by atoms with van der Waals surface area (Å²) in [6, 6.07) is 0. The van der Waals surface area contributed by atoms with Crippen LogP contribution in [0.1, 0.15) is 65.2 Å². The summed E-state index contributed by atoms with van der Waals surface area (Å²) in [6.07, 6.45) is 11.7. The number of hydrogen-bond acceptors (Lipinski definition) is 3. The van der Waals surface area contributed by atoms with Gasteiger partial charge in [0.05, 0.1) is 0 Å². The van der Waals surface area contributed by atoms with Gasteiger partial charge in [0.2, 0.25) is 0 Å². The normalized spacial score (nSPS) is 28.8. The van der Waals surface area contributed by atoms with Gasteiger partial charge in [0.1, 0.15) is 11.9 Å². The SMILES string of the molecule is CCCCCCCCC1(C)CC=C(O)C(N)NC1. The fourth-order valence-electron chi connectivity index (χ4n) is 2.53. The van der Waals surface area contributed by atoms with Gasteiger partial charge >= 0.3 is 0 Å². The van der Waals surface area contributed by atoms with Crippen molar-refractivity contribution in [3.8, 4) is 0 Å². The van der Waals surface area contributed by atoms with E-state index in [-0.39, 0.29) is 11.6 Å². The van der Waals surface area contributed by atoms with Gasteiger partial charge < -0.3 is 10.8 Å². The molecule has 0 aromatic heterocycles. The molecule has 0 aliphatic carbocycles. The van der Waals surface area contributed by atoms with Gasteiger partial charge in [-0.3, -0.25) is 5.32 Å². The molecule has 0 aromatic rings. The Hall–Kier alpha value is -0.540. The van der Waals surface area contributed by atoms with Crippen LogP contribution in [0.15, 0.2) is 11.8 Å². The maximum Gasteiger partial charge on any atom is 0.120 e. The minimum absolute atomic E-state index is 0.243. The highest BCUT2D eigenvalue weighted by atomic mass is 16.3. The summed E-state index contributed by atoms with van der Waals surface area (Å²) in [4.78, 5) is 0. The molecule has 1 aliphatic rings. The van der Waals surface area contributed by atoms with Crippen molar-refractivity contribution in [2.75, 3.05) is 6.54 Å². The molecular weight excluding hydrogens is 224 g/mol. The Morgan fingerprint density at radius 2 is 2.00 bits per heavy atom. The Kier molecular flexibility index (Phi) is 6.72. The molecule has 2 atom stereocenters. The van der Waals surface area contributed by atoms with Crippen molar-refractivity contribution >= 4 is 0 Å². The number of rotatable bonds is 7. The van der Waals surface area contributed by atoms with Crippen LogP contribution in [-0.4, -0.2) is 17.8 Å². The van der Waals surface area contributed by atoms with Crippen molar-refractivity contribution in [1.29, 1.82) is 0 Å². The van der Waals surface area contributed by atoms with Gasteiger partial charge in [-0.15, -0.1) is 0 Å². The highest BCUT2D eigenvalue weighted by molar-refractivity contribution is 5.05. The van der Waals surface area contributed by atoms with Gasteiger partial charge in [-0.2, -0.15) is 0 Å². The molecule has 3 heteroatoms. The number of nitrogens with two attached hydrogens (primary N) is 1. The first kappa shape index (κ1) is 15.5. The summed E-state index contributed by atoms with van der Waals surface area (Å²) in [5.41, 5.74) is 6.02. The molecule has 0 radical (unpaired) electrons. The summed E-state index contributed by atoms with van der Waals surface area (Å²) in [6.45, 7) is 5.43. The van der Waals surface area contributed by atoms with Crippen LogP contribution in [-0.2, 0) is 0 Å². The molecule has 106 valence electrons. The molecule has 0 bridgehead atoms. The molecule has 18 heavy (non-hydrogen) atoms. The van der Waals surface area contributed by atoms with E-state index in [1.807, 2.05) is 6.08 Å². The lowest BCUT2D eigenvalue weighted by Gasteiger charge is -2.28. The average molecular weight is 254 g/mol. The lowest BCUT2D eigenvalue weighted by Crippen LogP contribution is -2.42. The fourth-order valence-corrected chi connectivity index (χ4v) is 2.53. The minimum atomic E-state index is -0.378. The average Bonchev–Trinajstić information content (AvgIpc) is 2.48. The van der Waals surface area contributed by atoms with E-state index in [4.69, 9.17) is 5.73 Å². The molecule has 0 saturated carbocycles. The molecule has 1 aliphatic heterocycles. The van der Waals surface area contributed by atoms with Gasteiger partial charge in [-0.25, -0.2) is 0 Å². The second-order valence-electron chi connectivity index (χ2n) is 6.02. The summed E-state index contributed by atoms with van der Waals surface area (Å²) >= 11 is 0. The molecule has 0 amide bonds. The fraction of sp³-hybridized carbons (Fsp3) is 0.867. The molecule has 0 aromatic carbocycles. The van der Waals surface area contributed by atoms with E-state index in [9.17, 15) is 5.11 Å². The van der Waals surface area contributed by atoms with Crippen molar-refractivity contribution in [2.45, 2.75) is 71.4 Å². The number of hydrogen-bond donors (Lipinski definition) is 3. The van der Waals surface area contributed by atoms with E-state index in [2.05, 4.69) is 19.2 Å². The maximum absolute atomic E-state index is 9.63. The van der Waals surface area contributed by atoms with Gasteiger partial charge in [-0.1, -0.05) is 52.4 Å². The zero-order valence-electron chi connectivity index (χ0n) is 12.0. The monoisotopic (exact) mass is 254 g/mol. The molecular formula is C15H30N2O. The first-order valence-corrected chi connectivity index (χ1v) is 7.45. The van der Waals surface area contributed by atoms with Crippen molar-refractivity contribution in [2.24, 2.45) is 11.1 Å². The second kappa shape index (κ2) is 7.80. The standard InChI is InChI=1S/C15H30N2O/c1-3-4-5-6-7-8-10-15(2)11-9-13(18)14(16)17-12-15/h9,14,17-18H,3-8,10-12,16H2,1-2H3. The van der Waals surface area contributed by atoms with Crippen molar-refractivity contribution < 1.29 is 5.11 Å². The Balaban J connectivity index is 2.24. The molecule has 1 heterocycles. The number of aliphatic hydroxyl groups is 1. The molecule has 3 nitrogen and oxygen atoms in total. The highest BCUT2D eigenvalue weighted by Crippen LogP contribution is 2.30. The van der Waals surface area contributed by atoms with Gasteiger partial charge in [0, 0.05) is 6.54 Å².